The SMILES string of the molecule is COc1ccc(-n2cnn(Cc3ccc(OC(C)(C)C(=O)O)c(C)c3)c2=O)cc1. The molecule has 0 spiro atoms. The van der Waals surface area contributed by atoms with E-state index >= 15 is 0 Å². The maximum atomic E-state index is 12.7. The maximum Gasteiger partial charge on any atom is 0.350 e. The van der Waals surface area contributed by atoms with Crippen LogP contribution in [-0.4, -0.2) is 38.1 Å². The van der Waals surface area contributed by atoms with Gasteiger partial charge in [-0.25, -0.2) is 18.8 Å². The number of benzene rings is 2. The van der Waals surface area contributed by atoms with Crippen LogP contribution in [0.5, 0.6) is 11.5 Å². The van der Waals surface area contributed by atoms with E-state index in [4.69, 9.17) is 9.47 Å². The van der Waals surface area contributed by atoms with Crippen molar-refractivity contribution in [2.75, 3.05) is 7.11 Å². The zero-order valence-electron chi connectivity index (χ0n) is 16.7. The minimum Gasteiger partial charge on any atom is -0.497 e. The first kappa shape index (κ1) is 20.2. The van der Waals surface area contributed by atoms with Gasteiger partial charge in [-0.15, -0.1) is 0 Å². The molecule has 8 nitrogen and oxygen atoms in total. The van der Waals surface area contributed by atoms with Crippen molar-refractivity contribution in [2.24, 2.45) is 0 Å². The van der Waals surface area contributed by atoms with Crippen LogP contribution < -0.4 is 15.2 Å². The maximum absolute atomic E-state index is 12.7. The second-order valence-electron chi connectivity index (χ2n) is 7.16. The Labute approximate surface area is 167 Å². The standard InChI is InChI=1S/C21H23N3O5/c1-14-11-15(5-10-18(14)29-21(2,3)19(25)26)12-24-20(27)23(13-22-24)16-6-8-17(28-4)9-7-16/h5-11,13H,12H2,1-4H3,(H,25,26). The van der Waals surface area contributed by atoms with Gasteiger partial charge in [0.25, 0.3) is 0 Å². The number of aromatic nitrogens is 3. The summed E-state index contributed by atoms with van der Waals surface area (Å²) in [6, 6.07) is 12.5. The molecule has 0 amide bonds. The molecule has 3 rings (SSSR count). The smallest absolute Gasteiger partial charge is 0.350 e. The number of rotatable bonds is 7. The molecule has 0 aliphatic carbocycles. The Bertz CT molecular complexity index is 1080. The highest BCUT2D eigenvalue weighted by Gasteiger charge is 2.29. The van der Waals surface area contributed by atoms with Gasteiger partial charge < -0.3 is 14.6 Å². The zero-order chi connectivity index (χ0) is 21.2. The number of methoxy groups -OCH3 is 1. The fourth-order valence-electron chi connectivity index (χ4n) is 2.78. The topological polar surface area (TPSA) is 95.6 Å². The van der Waals surface area contributed by atoms with Crippen LogP contribution in [0.2, 0.25) is 0 Å². The predicted octanol–water partition coefficient (Wildman–Crippen LogP) is 2.64. The summed E-state index contributed by atoms with van der Waals surface area (Å²) < 4.78 is 13.6. The fourth-order valence-corrected chi connectivity index (χ4v) is 2.78. The van der Waals surface area contributed by atoms with Crippen LogP contribution in [0, 0.1) is 6.92 Å². The first-order valence-corrected chi connectivity index (χ1v) is 9.02. The molecular formula is C21H23N3O5. The molecular weight excluding hydrogens is 374 g/mol. The van der Waals surface area contributed by atoms with E-state index in [0.717, 1.165) is 11.1 Å². The van der Waals surface area contributed by atoms with Gasteiger partial charge in [-0.2, -0.15) is 5.10 Å². The third kappa shape index (κ3) is 4.31. The monoisotopic (exact) mass is 397 g/mol. The summed E-state index contributed by atoms with van der Waals surface area (Å²) in [5, 5.41) is 13.4. The van der Waals surface area contributed by atoms with Crippen molar-refractivity contribution in [2.45, 2.75) is 32.9 Å². The van der Waals surface area contributed by atoms with E-state index in [0.29, 0.717) is 17.2 Å². The van der Waals surface area contributed by atoms with Crippen LogP contribution in [0.1, 0.15) is 25.0 Å². The molecule has 2 aromatic carbocycles. The molecule has 0 unspecified atom stereocenters. The van der Waals surface area contributed by atoms with Crippen LogP contribution in [0.4, 0.5) is 0 Å². The molecule has 0 aliphatic rings. The number of carboxylic acid groups (broad SMARTS) is 1. The van der Waals surface area contributed by atoms with Crippen molar-refractivity contribution < 1.29 is 19.4 Å². The van der Waals surface area contributed by atoms with E-state index in [1.165, 1.54) is 29.4 Å². The van der Waals surface area contributed by atoms with Crippen molar-refractivity contribution in [3.63, 3.8) is 0 Å². The van der Waals surface area contributed by atoms with Gasteiger partial charge >= 0.3 is 11.7 Å². The second-order valence-corrected chi connectivity index (χ2v) is 7.16. The number of ether oxygens (including phenoxy) is 2. The van der Waals surface area contributed by atoms with Gasteiger partial charge in [0.05, 0.1) is 19.3 Å². The molecule has 1 heterocycles. The van der Waals surface area contributed by atoms with Crippen molar-refractivity contribution in [1.82, 2.24) is 14.3 Å². The van der Waals surface area contributed by atoms with Gasteiger partial charge in [0.1, 0.15) is 17.8 Å². The predicted molar refractivity (Wildman–Crippen MR) is 107 cm³/mol. The highest BCUT2D eigenvalue weighted by Crippen LogP contribution is 2.24. The number of carboxylic acids is 1. The lowest BCUT2D eigenvalue weighted by Crippen LogP contribution is -2.38. The number of nitrogens with zero attached hydrogens (tertiary/aromatic N) is 3. The highest BCUT2D eigenvalue weighted by molar-refractivity contribution is 5.76. The Balaban J connectivity index is 1.80. The molecule has 0 radical (unpaired) electrons. The summed E-state index contributed by atoms with van der Waals surface area (Å²) in [6.45, 7) is 5.10. The molecule has 1 aromatic heterocycles. The summed E-state index contributed by atoms with van der Waals surface area (Å²) in [5.74, 6) is 0.145. The molecule has 0 aliphatic heterocycles. The minimum atomic E-state index is -1.33. The average molecular weight is 397 g/mol. The Kier molecular flexibility index (Phi) is 5.45. The molecule has 0 bridgehead atoms. The third-order valence-electron chi connectivity index (χ3n) is 4.54. The Morgan fingerprint density at radius 1 is 1.17 bits per heavy atom. The molecule has 29 heavy (non-hydrogen) atoms. The molecule has 1 N–H and O–H groups in total. The van der Waals surface area contributed by atoms with Crippen LogP contribution in [-0.2, 0) is 11.3 Å². The van der Waals surface area contributed by atoms with Gasteiger partial charge in [-0.1, -0.05) is 12.1 Å². The Hall–Kier alpha value is -3.55. The summed E-state index contributed by atoms with van der Waals surface area (Å²) >= 11 is 0. The van der Waals surface area contributed by atoms with E-state index in [-0.39, 0.29) is 12.2 Å². The lowest BCUT2D eigenvalue weighted by molar-refractivity contribution is -0.152. The van der Waals surface area contributed by atoms with Gasteiger partial charge in [0.15, 0.2) is 5.60 Å². The molecule has 3 aromatic rings. The number of hydrogen-bond acceptors (Lipinski definition) is 5. The number of carbonyl (C=O) groups is 1. The molecule has 152 valence electrons. The molecule has 8 heteroatoms. The normalized spacial score (nSPS) is 11.3. The second kappa shape index (κ2) is 7.83. The van der Waals surface area contributed by atoms with Crippen molar-refractivity contribution >= 4 is 5.97 Å². The fraction of sp³-hybridized carbons (Fsp3) is 0.286. The molecule has 0 saturated carbocycles. The van der Waals surface area contributed by atoms with E-state index in [9.17, 15) is 14.7 Å². The van der Waals surface area contributed by atoms with Crippen LogP contribution >= 0.6 is 0 Å². The Morgan fingerprint density at radius 3 is 2.45 bits per heavy atom. The average Bonchev–Trinajstić information content (AvgIpc) is 3.04. The summed E-state index contributed by atoms with van der Waals surface area (Å²) in [4.78, 5) is 23.9. The number of hydrogen-bond donors (Lipinski definition) is 1. The zero-order valence-corrected chi connectivity index (χ0v) is 16.7. The van der Waals surface area contributed by atoms with Crippen LogP contribution in [0.25, 0.3) is 5.69 Å². The molecule has 0 atom stereocenters. The number of aryl methyl sites for hydroxylation is 1. The lowest BCUT2D eigenvalue weighted by Gasteiger charge is -2.23. The van der Waals surface area contributed by atoms with Crippen molar-refractivity contribution in [1.29, 1.82) is 0 Å². The van der Waals surface area contributed by atoms with Gasteiger partial charge in [-0.3, -0.25) is 0 Å². The van der Waals surface area contributed by atoms with Crippen molar-refractivity contribution in [3.8, 4) is 17.2 Å². The van der Waals surface area contributed by atoms with Gasteiger partial charge in [-0.05, 0) is 62.2 Å². The molecule has 0 fully saturated rings. The quantitative estimate of drug-likeness (QED) is 0.659. The van der Waals surface area contributed by atoms with Crippen LogP contribution in [0.3, 0.4) is 0 Å². The van der Waals surface area contributed by atoms with E-state index < -0.39 is 11.6 Å². The summed E-state index contributed by atoms with van der Waals surface area (Å²) in [6.07, 6.45) is 1.48. The largest absolute Gasteiger partial charge is 0.497 e. The Morgan fingerprint density at radius 2 is 1.86 bits per heavy atom. The summed E-state index contributed by atoms with van der Waals surface area (Å²) in [5.41, 5.74) is 0.725. The third-order valence-corrected chi connectivity index (χ3v) is 4.54. The van der Waals surface area contributed by atoms with E-state index in [1.54, 1.807) is 43.5 Å². The van der Waals surface area contributed by atoms with Gasteiger partial charge in [0.2, 0.25) is 0 Å². The molecule has 0 saturated heterocycles. The first-order chi connectivity index (χ1) is 13.7. The highest BCUT2D eigenvalue weighted by atomic mass is 16.5. The lowest BCUT2D eigenvalue weighted by atomic mass is 10.1. The number of aliphatic carboxylic acids is 1. The van der Waals surface area contributed by atoms with Gasteiger partial charge in [0, 0.05) is 0 Å². The summed E-state index contributed by atoms with van der Waals surface area (Å²) in [7, 11) is 1.58. The van der Waals surface area contributed by atoms with E-state index in [1.807, 2.05) is 13.0 Å². The van der Waals surface area contributed by atoms with Crippen LogP contribution in [0.15, 0.2) is 53.6 Å². The van der Waals surface area contributed by atoms with E-state index in [2.05, 4.69) is 5.10 Å². The minimum absolute atomic E-state index is 0.264. The first-order valence-electron chi connectivity index (χ1n) is 9.02. The van der Waals surface area contributed by atoms with Crippen molar-refractivity contribution in [3.05, 3.63) is 70.4 Å².